The Kier molecular flexibility index (Phi) is 8.58. The highest BCUT2D eigenvalue weighted by Gasteiger charge is 2.43. The van der Waals surface area contributed by atoms with Crippen LogP contribution in [-0.4, -0.2) is 29.6 Å². The molecule has 5 heteroatoms. The number of hydrogen-bond donors (Lipinski definition) is 0. The second kappa shape index (κ2) is 10.2. The van der Waals surface area contributed by atoms with Crippen molar-refractivity contribution in [3.63, 3.8) is 0 Å². The molecule has 0 fully saturated rings. The van der Waals surface area contributed by atoms with Gasteiger partial charge in [-0.25, -0.2) is 0 Å². The molecule has 0 unspecified atom stereocenters. The molecule has 0 aromatic heterocycles. The van der Waals surface area contributed by atoms with Crippen LogP contribution in [0.4, 0.5) is 13.2 Å². The highest BCUT2D eigenvalue weighted by Crippen LogP contribution is 2.23. The van der Waals surface area contributed by atoms with Gasteiger partial charge in [0.2, 0.25) is 0 Å². The van der Waals surface area contributed by atoms with Gasteiger partial charge in [0.05, 0.1) is 6.04 Å². The fraction of sp³-hybridized carbons (Fsp3) is 0.526. The Morgan fingerprint density at radius 2 is 1.88 bits per heavy atom. The van der Waals surface area contributed by atoms with E-state index < -0.39 is 18.1 Å². The maximum atomic E-state index is 12.9. The van der Waals surface area contributed by atoms with Gasteiger partial charge in [-0.1, -0.05) is 62.6 Å². The van der Waals surface area contributed by atoms with Crippen molar-refractivity contribution < 1.29 is 18.0 Å². The first kappa shape index (κ1) is 20.3. The first-order chi connectivity index (χ1) is 11.4. The molecule has 0 aliphatic carbocycles. The van der Waals surface area contributed by atoms with E-state index in [1.165, 1.54) is 6.08 Å². The van der Waals surface area contributed by atoms with Crippen molar-refractivity contribution in [3.05, 3.63) is 48.6 Å². The SMILES string of the molecule is C=C[C@@H](CCc1ccccc1)N(CCCCCC)C(=O)C(F)(F)F. The molecule has 134 valence electrons. The smallest absolute Gasteiger partial charge is 0.328 e. The van der Waals surface area contributed by atoms with Crippen molar-refractivity contribution in [1.82, 2.24) is 4.90 Å². The van der Waals surface area contributed by atoms with Crippen LogP contribution in [0.5, 0.6) is 0 Å². The summed E-state index contributed by atoms with van der Waals surface area (Å²) in [6.45, 7) is 5.79. The number of carbonyl (C=O) groups excluding carboxylic acids is 1. The van der Waals surface area contributed by atoms with Crippen LogP contribution in [0.25, 0.3) is 0 Å². The Morgan fingerprint density at radius 1 is 1.21 bits per heavy atom. The molecule has 0 bridgehead atoms. The number of hydrogen-bond acceptors (Lipinski definition) is 1. The summed E-state index contributed by atoms with van der Waals surface area (Å²) in [6.07, 6.45) is 0.983. The topological polar surface area (TPSA) is 20.3 Å². The summed E-state index contributed by atoms with van der Waals surface area (Å²) in [5.74, 6) is -1.77. The van der Waals surface area contributed by atoms with E-state index in [1.807, 2.05) is 37.3 Å². The average Bonchev–Trinajstić information content (AvgIpc) is 2.56. The van der Waals surface area contributed by atoms with Gasteiger partial charge in [-0.3, -0.25) is 4.79 Å². The Morgan fingerprint density at radius 3 is 2.42 bits per heavy atom. The van der Waals surface area contributed by atoms with Gasteiger partial charge in [0.25, 0.3) is 0 Å². The average molecular weight is 341 g/mol. The van der Waals surface area contributed by atoms with E-state index in [1.54, 1.807) is 0 Å². The molecule has 0 aliphatic heterocycles. The number of aryl methyl sites for hydroxylation is 1. The second-order valence-corrected chi connectivity index (χ2v) is 5.88. The molecule has 0 saturated carbocycles. The van der Waals surface area contributed by atoms with Gasteiger partial charge in [0.1, 0.15) is 0 Å². The Balaban J connectivity index is 2.76. The van der Waals surface area contributed by atoms with E-state index in [2.05, 4.69) is 6.58 Å². The summed E-state index contributed by atoms with van der Waals surface area (Å²) in [6, 6.07) is 8.92. The number of carbonyl (C=O) groups is 1. The Hall–Kier alpha value is -1.78. The third kappa shape index (κ3) is 6.77. The molecule has 1 aromatic carbocycles. The molecule has 0 aliphatic rings. The molecule has 0 heterocycles. The third-order valence-corrected chi connectivity index (χ3v) is 4.00. The second-order valence-electron chi connectivity index (χ2n) is 5.88. The summed E-state index contributed by atoms with van der Waals surface area (Å²) in [5.41, 5.74) is 1.04. The van der Waals surface area contributed by atoms with E-state index in [0.717, 1.165) is 29.7 Å². The molecule has 1 amide bonds. The van der Waals surface area contributed by atoms with Crippen LogP contribution in [0.1, 0.15) is 44.6 Å². The van der Waals surface area contributed by atoms with E-state index in [-0.39, 0.29) is 6.54 Å². The lowest BCUT2D eigenvalue weighted by Crippen LogP contribution is -2.47. The summed E-state index contributed by atoms with van der Waals surface area (Å²) < 4.78 is 38.7. The van der Waals surface area contributed by atoms with Crippen LogP contribution >= 0.6 is 0 Å². The van der Waals surface area contributed by atoms with Crippen LogP contribution in [0.2, 0.25) is 0 Å². The molecule has 1 atom stereocenters. The lowest BCUT2D eigenvalue weighted by atomic mass is 10.0. The molecule has 0 saturated heterocycles. The zero-order valence-electron chi connectivity index (χ0n) is 14.2. The minimum absolute atomic E-state index is 0.115. The quantitative estimate of drug-likeness (QED) is 0.426. The molecular weight excluding hydrogens is 315 g/mol. The standard InChI is InChI=1S/C19H26F3NO/c1-3-5-6-10-15-23(18(24)19(20,21)22)17(4-2)14-13-16-11-8-7-9-12-16/h4,7-9,11-12,17H,2-3,5-6,10,13-15H2,1H3/t17-/m0/s1. The van der Waals surface area contributed by atoms with Gasteiger partial charge < -0.3 is 4.90 Å². The molecule has 24 heavy (non-hydrogen) atoms. The number of amides is 1. The number of nitrogens with zero attached hydrogens (tertiary/aromatic N) is 1. The normalized spacial score (nSPS) is 12.7. The molecule has 1 aromatic rings. The maximum Gasteiger partial charge on any atom is 0.471 e. The van der Waals surface area contributed by atoms with Gasteiger partial charge >= 0.3 is 12.1 Å². The van der Waals surface area contributed by atoms with Crippen molar-refractivity contribution >= 4 is 5.91 Å². The van der Waals surface area contributed by atoms with E-state index in [9.17, 15) is 18.0 Å². The molecule has 0 spiro atoms. The monoisotopic (exact) mass is 341 g/mol. The largest absolute Gasteiger partial charge is 0.471 e. The zero-order chi connectivity index (χ0) is 18.0. The fourth-order valence-electron chi connectivity index (χ4n) is 2.65. The van der Waals surface area contributed by atoms with Crippen LogP contribution in [0, 0.1) is 0 Å². The van der Waals surface area contributed by atoms with Crippen LogP contribution in [0.3, 0.4) is 0 Å². The van der Waals surface area contributed by atoms with Crippen molar-refractivity contribution in [1.29, 1.82) is 0 Å². The molecule has 0 radical (unpaired) electrons. The summed E-state index contributed by atoms with van der Waals surface area (Å²) in [5, 5.41) is 0. The lowest BCUT2D eigenvalue weighted by molar-refractivity contribution is -0.187. The van der Waals surface area contributed by atoms with Crippen molar-refractivity contribution in [2.24, 2.45) is 0 Å². The van der Waals surface area contributed by atoms with Gasteiger partial charge in [-0.05, 0) is 24.8 Å². The van der Waals surface area contributed by atoms with Gasteiger partial charge in [0, 0.05) is 6.54 Å². The number of benzene rings is 1. The number of halogens is 3. The molecule has 0 N–H and O–H groups in total. The van der Waals surface area contributed by atoms with Gasteiger partial charge in [0.15, 0.2) is 0 Å². The number of unbranched alkanes of at least 4 members (excludes halogenated alkanes) is 3. The van der Waals surface area contributed by atoms with Crippen LogP contribution in [-0.2, 0) is 11.2 Å². The predicted octanol–water partition coefficient (Wildman–Crippen LogP) is 5.15. The highest BCUT2D eigenvalue weighted by atomic mass is 19.4. The van der Waals surface area contributed by atoms with Crippen LogP contribution < -0.4 is 0 Å². The Labute approximate surface area is 142 Å². The summed E-state index contributed by atoms with van der Waals surface area (Å²) in [4.78, 5) is 12.7. The van der Waals surface area contributed by atoms with E-state index in [0.29, 0.717) is 19.3 Å². The van der Waals surface area contributed by atoms with Crippen molar-refractivity contribution in [2.75, 3.05) is 6.54 Å². The van der Waals surface area contributed by atoms with Crippen LogP contribution in [0.15, 0.2) is 43.0 Å². The predicted molar refractivity (Wildman–Crippen MR) is 90.7 cm³/mol. The molecule has 1 rings (SSSR count). The molecule has 2 nitrogen and oxygen atoms in total. The summed E-state index contributed by atoms with van der Waals surface area (Å²) >= 11 is 0. The fourth-order valence-corrected chi connectivity index (χ4v) is 2.65. The lowest BCUT2D eigenvalue weighted by Gasteiger charge is -2.30. The number of alkyl halides is 3. The summed E-state index contributed by atoms with van der Waals surface area (Å²) in [7, 11) is 0. The van der Waals surface area contributed by atoms with Gasteiger partial charge in [-0.2, -0.15) is 13.2 Å². The first-order valence-electron chi connectivity index (χ1n) is 8.44. The Bertz CT molecular complexity index is 499. The van der Waals surface area contributed by atoms with Crippen molar-refractivity contribution in [2.45, 2.75) is 57.7 Å². The molecular formula is C19H26F3NO. The third-order valence-electron chi connectivity index (χ3n) is 4.00. The zero-order valence-corrected chi connectivity index (χ0v) is 14.2. The van der Waals surface area contributed by atoms with Crippen molar-refractivity contribution in [3.8, 4) is 0 Å². The first-order valence-corrected chi connectivity index (χ1v) is 8.44. The van der Waals surface area contributed by atoms with Gasteiger partial charge in [-0.15, -0.1) is 6.58 Å². The minimum atomic E-state index is -4.85. The highest BCUT2D eigenvalue weighted by molar-refractivity contribution is 5.82. The minimum Gasteiger partial charge on any atom is -0.328 e. The number of rotatable bonds is 10. The van der Waals surface area contributed by atoms with E-state index in [4.69, 9.17) is 0 Å². The maximum absolute atomic E-state index is 12.9. The van der Waals surface area contributed by atoms with E-state index >= 15 is 0 Å².